The van der Waals surface area contributed by atoms with Crippen molar-refractivity contribution in [2.24, 2.45) is 0 Å². The van der Waals surface area contributed by atoms with Gasteiger partial charge in [0.1, 0.15) is 12.2 Å². The van der Waals surface area contributed by atoms with Crippen molar-refractivity contribution in [2.45, 2.75) is 20.3 Å². The highest BCUT2D eigenvalue weighted by molar-refractivity contribution is 6.16. The van der Waals surface area contributed by atoms with Crippen molar-refractivity contribution in [1.82, 2.24) is 10.2 Å². The van der Waals surface area contributed by atoms with Gasteiger partial charge in [0.2, 0.25) is 12.7 Å². The van der Waals surface area contributed by atoms with Crippen LogP contribution in [0.3, 0.4) is 0 Å². The van der Waals surface area contributed by atoms with Crippen LogP contribution in [-0.2, 0) is 16.0 Å². The molecule has 2 aliphatic heterocycles. The Bertz CT molecular complexity index is 1080. The Kier molecular flexibility index (Phi) is 5.14. The number of anilines is 1. The van der Waals surface area contributed by atoms with Crippen LogP contribution in [0.15, 0.2) is 42.1 Å². The lowest BCUT2D eigenvalue weighted by Crippen LogP contribution is -2.38. The van der Waals surface area contributed by atoms with Gasteiger partial charge in [-0.1, -0.05) is 25.1 Å². The summed E-state index contributed by atoms with van der Waals surface area (Å²) in [5.41, 5.74) is 3.32. The lowest BCUT2D eigenvalue weighted by Gasteiger charge is -2.13. The van der Waals surface area contributed by atoms with Crippen LogP contribution in [-0.4, -0.2) is 36.1 Å². The third-order valence-electron chi connectivity index (χ3n) is 5.00. The van der Waals surface area contributed by atoms with E-state index in [-0.39, 0.29) is 19.0 Å². The van der Waals surface area contributed by atoms with Gasteiger partial charge < -0.3 is 20.1 Å². The largest absolute Gasteiger partial charge is 0.454 e. The average molecular weight is 407 g/mol. The fraction of sp³-hybridized carbons (Fsp3) is 0.227. The van der Waals surface area contributed by atoms with Gasteiger partial charge in [-0.15, -0.1) is 0 Å². The Hall–Kier alpha value is -3.81. The Labute approximate surface area is 173 Å². The zero-order chi connectivity index (χ0) is 21.3. The number of carbonyl (C=O) groups excluding carboxylic acids is 3. The first-order valence-corrected chi connectivity index (χ1v) is 9.59. The molecule has 2 aromatic carbocycles. The minimum Gasteiger partial charge on any atom is -0.454 e. The van der Waals surface area contributed by atoms with Crippen molar-refractivity contribution in [3.63, 3.8) is 0 Å². The van der Waals surface area contributed by atoms with Crippen molar-refractivity contribution >= 4 is 29.6 Å². The summed E-state index contributed by atoms with van der Waals surface area (Å²) in [6.45, 7) is 3.62. The van der Waals surface area contributed by atoms with Gasteiger partial charge in [-0.2, -0.15) is 0 Å². The highest BCUT2D eigenvalue weighted by Crippen LogP contribution is 2.35. The number of nitrogens with one attached hydrogen (secondary N) is 2. The Morgan fingerprint density at radius 2 is 1.93 bits per heavy atom. The van der Waals surface area contributed by atoms with Crippen molar-refractivity contribution in [1.29, 1.82) is 0 Å². The molecule has 0 bridgehead atoms. The summed E-state index contributed by atoms with van der Waals surface area (Å²) in [4.78, 5) is 38.3. The highest BCUT2D eigenvalue weighted by atomic mass is 16.7. The molecule has 2 heterocycles. The van der Waals surface area contributed by atoms with E-state index >= 15 is 0 Å². The van der Waals surface area contributed by atoms with Gasteiger partial charge in [0.05, 0.1) is 0 Å². The molecule has 0 aliphatic carbocycles. The van der Waals surface area contributed by atoms with E-state index in [0.717, 1.165) is 22.4 Å². The number of amides is 4. The standard InChI is InChI=1S/C22H21N3O5/c1-3-14-6-4-5-7-16(14)23-20(26)11-25-21(27)17(24-22(25)28)9-15-10-19-18(8-13(15)2)29-12-30-19/h4-10H,3,11-12H2,1-2H3,(H,23,26)(H,24,28)/b17-9+. The first-order valence-electron chi connectivity index (χ1n) is 9.59. The van der Waals surface area contributed by atoms with Crippen LogP contribution in [0.4, 0.5) is 10.5 Å². The smallest absolute Gasteiger partial charge is 0.329 e. The van der Waals surface area contributed by atoms with Crippen LogP contribution in [0.5, 0.6) is 11.5 Å². The Morgan fingerprint density at radius 3 is 2.70 bits per heavy atom. The second-order valence-electron chi connectivity index (χ2n) is 7.00. The maximum absolute atomic E-state index is 12.7. The Morgan fingerprint density at radius 1 is 1.20 bits per heavy atom. The third-order valence-corrected chi connectivity index (χ3v) is 5.00. The quantitative estimate of drug-likeness (QED) is 0.587. The van der Waals surface area contributed by atoms with Gasteiger partial charge >= 0.3 is 6.03 Å². The number of rotatable bonds is 5. The van der Waals surface area contributed by atoms with E-state index in [2.05, 4.69) is 10.6 Å². The van der Waals surface area contributed by atoms with Crippen LogP contribution in [0.25, 0.3) is 6.08 Å². The zero-order valence-corrected chi connectivity index (χ0v) is 16.7. The molecule has 1 saturated heterocycles. The van der Waals surface area contributed by atoms with Gasteiger partial charge in [-0.05, 0) is 54.3 Å². The van der Waals surface area contributed by atoms with Crippen LogP contribution in [0.1, 0.15) is 23.6 Å². The van der Waals surface area contributed by atoms with E-state index in [0.29, 0.717) is 22.7 Å². The molecule has 2 aliphatic rings. The summed E-state index contributed by atoms with van der Waals surface area (Å²) >= 11 is 0. The second-order valence-corrected chi connectivity index (χ2v) is 7.00. The number of nitrogens with zero attached hydrogens (tertiary/aromatic N) is 1. The van der Waals surface area contributed by atoms with Gasteiger partial charge in [0.25, 0.3) is 5.91 Å². The maximum atomic E-state index is 12.7. The van der Waals surface area contributed by atoms with Crippen molar-refractivity contribution in [3.8, 4) is 11.5 Å². The molecule has 0 atom stereocenters. The van der Waals surface area contributed by atoms with Crippen LogP contribution < -0.4 is 20.1 Å². The van der Waals surface area contributed by atoms with E-state index in [1.165, 1.54) is 0 Å². The molecule has 4 amide bonds. The molecule has 0 radical (unpaired) electrons. The molecule has 0 aromatic heterocycles. The van der Waals surface area contributed by atoms with Gasteiger partial charge in [-0.3, -0.25) is 9.59 Å². The minimum atomic E-state index is -0.636. The number of imide groups is 1. The lowest BCUT2D eigenvalue weighted by atomic mass is 10.1. The van der Waals surface area contributed by atoms with E-state index in [9.17, 15) is 14.4 Å². The summed E-state index contributed by atoms with van der Waals surface area (Å²) in [5.74, 6) is 0.216. The summed E-state index contributed by atoms with van der Waals surface area (Å²) in [6.07, 6.45) is 2.32. The van der Waals surface area contributed by atoms with Crippen LogP contribution in [0.2, 0.25) is 0 Å². The molecule has 30 heavy (non-hydrogen) atoms. The van der Waals surface area contributed by atoms with E-state index < -0.39 is 17.8 Å². The molecular weight excluding hydrogens is 386 g/mol. The van der Waals surface area contributed by atoms with Gasteiger partial charge in [0, 0.05) is 5.69 Å². The summed E-state index contributed by atoms with van der Waals surface area (Å²) < 4.78 is 10.7. The molecule has 8 heteroatoms. The van der Waals surface area contributed by atoms with E-state index in [1.54, 1.807) is 18.2 Å². The first-order chi connectivity index (χ1) is 14.5. The molecule has 0 saturated carbocycles. The zero-order valence-electron chi connectivity index (χ0n) is 16.7. The molecular formula is C22H21N3O5. The first kappa shape index (κ1) is 19.5. The second kappa shape index (κ2) is 7.90. The predicted molar refractivity (Wildman–Crippen MR) is 110 cm³/mol. The fourth-order valence-corrected chi connectivity index (χ4v) is 3.37. The maximum Gasteiger partial charge on any atom is 0.329 e. The minimum absolute atomic E-state index is 0.101. The molecule has 1 fully saturated rings. The van der Waals surface area contributed by atoms with E-state index in [4.69, 9.17) is 9.47 Å². The van der Waals surface area contributed by atoms with Crippen molar-refractivity contribution < 1.29 is 23.9 Å². The van der Waals surface area contributed by atoms with Gasteiger partial charge in [-0.25, -0.2) is 9.69 Å². The lowest BCUT2D eigenvalue weighted by molar-refractivity contribution is -0.127. The van der Waals surface area contributed by atoms with Crippen LogP contribution >= 0.6 is 0 Å². The van der Waals surface area contributed by atoms with Crippen LogP contribution in [0, 0.1) is 6.92 Å². The Balaban J connectivity index is 1.49. The number of benzene rings is 2. The normalized spacial score (nSPS) is 16.2. The number of hydrogen-bond acceptors (Lipinski definition) is 5. The summed E-state index contributed by atoms with van der Waals surface area (Å²) in [7, 11) is 0. The number of para-hydroxylation sites is 1. The number of carbonyl (C=O) groups is 3. The molecule has 2 aromatic rings. The van der Waals surface area contributed by atoms with E-state index in [1.807, 2.05) is 38.1 Å². The fourth-order valence-electron chi connectivity index (χ4n) is 3.37. The molecule has 0 unspecified atom stereocenters. The summed E-state index contributed by atoms with van der Waals surface area (Å²) in [6, 6.07) is 10.3. The number of aryl methyl sites for hydroxylation is 2. The topological polar surface area (TPSA) is 97.0 Å². The van der Waals surface area contributed by atoms with Crippen molar-refractivity contribution in [3.05, 3.63) is 58.8 Å². The average Bonchev–Trinajstić information content (AvgIpc) is 3.28. The molecule has 8 nitrogen and oxygen atoms in total. The molecule has 154 valence electrons. The molecule has 4 rings (SSSR count). The predicted octanol–water partition coefficient (Wildman–Crippen LogP) is 2.82. The van der Waals surface area contributed by atoms with Gasteiger partial charge in [0.15, 0.2) is 11.5 Å². The third kappa shape index (κ3) is 3.71. The summed E-state index contributed by atoms with van der Waals surface area (Å²) in [5, 5.41) is 5.30. The number of ether oxygens (including phenoxy) is 2. The molecule has 0 spiro atoms. The highest BCUT2D eigenvalue weighted by Gasteiger charge is 2.35. The number of urea groups is 1. The SMILES string of the molecule is CCc1ccccc1NC(=O)CN1C(=O)N/C(=C/c2cc3c(cc2C)OCO3)C1=O. The monoisotopic (exact) mass is 407 g/mol. The number of hydrogen-bond donors (Lipinski definition) is 2. The number of fused-ring (bicyclic) bond motifs is 1. The van der Waals surface area contributed by atoms with Crippen molar-refractivity contribution in [2.75, 3.05) is 18.7 Å². The molecule has 2 N–H and O–H groups in total.